The summed E-state index contributed by atoms with van der Waals surface area (Å²) in [4.78, 5) is 25.5. The Morgan fingerprint density at radius 3 is 2.67 bits per heavy atom. The molecule has 21 heavy (non-hydrogen) atoms. The summed E-state index contributed by atoms with van der Waals surface area (Å²) in [5.74, 6) is 1.39. The molecule has 2 unspecified atom stereocenters. The van der Waals surface area contributed by atoms with E-state index in [1.54, 1.807) is 0 Å². The van der Waals surface area contributed by atoms with Gasteiger partial charge in [0.2, 0.25) is 11.8 Å². The van der Waals surface area contributed by atoms with Crippen LogP contribution in [0, 0.1) is 17.8 Å². The third-order valence-corrected chi connectivity index (χ3v) is 5.05. The summed E-state index contributed by atoms with van der Waals surface area (Å²) in [6, 6.07) is 0. The van der Waals surface area contributed by atoms with Crippen molar-refractivity contribution in [2.45, 2.75) is 45.4 Å². The smallest absolute Gasteiger partial charge is 0.222 e. The number of likely N-dealkylation sites (tertiary alicyclic amines) is 1. The zero-order valence-corrected chi connectivity index (χ0v) is 13.1. The summed E-state index contributed by atoms with van der Waals surface area (Å²) in [5, 5.41) is 3.37. The second kappa shape index (κ2) is 7.78. The van der Waals surface area contributed by atoms with Crippen molar-refractivity contribution in [1.82, 2.24) is 10.2 Å². The first-order valence-corrected chi connectivity index (χ1v) is 8.33. The van der Waals surface area contributed by atoms with Gasteiger partial charge in [-0.25, -0.2) is 0 Å². The molecule has 0 saturated carbocycles. The van der Waals surface area contributed by atoms with Crippen LogP contribution in [0.25, 0.3) is 0 Å². The molecule has 120 valence electrons. The number of amides is 2. The lowest BCUT2D eigenvalue weighted by molar-refractivity contribution is -0.135. The summed E-state index contributed by atoms with van der Waals surface area (Å²) in [5.41, 5.74) is 5.27. The molecule has 0 aliphatic carbocycles. The first-order chi connectivity index (χ1) is 10.1. The highest BCUT2D eigenvalue weighted by Gasteiger charge is 2.28. The van der Waals surface area contributed by atoms with Gasteiger partial charge in [-0.1, -0.05) is 6.92 Å². The molecule has 5 nitrogen and oxygen atoms in total. The van der Waals surface area contributed by atoms with Gasteiger partial charge in [0.1, 0.15) is 0 Å². The van der Waals surface area contributed by atoms with Gasteiger partial charge in [0.05, 0.1) is 0 Å². The normalized spacial score (nSPS) is 25.6. The van der Waals surface area contributed by atoms with Crippen LogP contribution in [-0.2, 0) is 9.59 Å². The largest absolute Gasteiger partial charge is 0.370 e. The molecule has 2 aliphatic rings. The molecule has 0 radical (unpaired) electrons. The molecule has 3 N–H and O–H groups in total. The Balaban J connectivity index is 1.80. The Morgan fingerprint density at radius 1 is 1.29 bits per heavy atom. The van der Waals surface area contributed by atoms with Crippen LogP contribution in [0.15, 0.2) is 0 Å². The fraction of sp³-hybridized carbons (Fsp3) is 0.875. The second-order valence-electron chi connectivity index (χ2n) is 6.79. The lowest BCUT2D eigenvalue weighted by Gasteiger charge is -2.34. The number of carbonyl (C=O) groups excluding carboxylic acids is 2. The van der Waals surface area contributed by atoms with Crippen LogP contribution in [0.4, 0.5) is 0 Å². The number of carbonyl (C=O) groups is 2. The summed E-state index contributed by atoms with van der Waals surface area (Å²) < 4.78 is 0. The number of piperidine rings is 2. The second-order valence-corrected chi connectivity index (χ2v) is 6.79. The van der Waals surface area contributed by atoms with Crippen LogP contribution in [0.3, 0.4) is 0 Å². The number of hydrogen-bond donors (Lipinski definition) is 2. The summed E-state index contributed by atoms with van der Waals surface area (Å²) in [7, 11) is 0. The molecular weight excluding hydrogens is 266 g/mol. The van der Waals surface area contributed by atoms with Crippen molar-refractivity contribution in [1.29, 1.82) is 0 Å². The minimum atomic E-state index is -0.252. The highest BCUT2D eigenvalue weighted by atomic mass is 16.2. The molecule has 0 bridgehead atoms. The van der Waals surface area contributed by atoms with E-state index in [1.807, 2.05) is 4.90 Å². The summed E-state index contributed by atoms with van der Waals surface area (Å²) >= 11 is 0. The van der Waals surface area contributed by atoms with E-state index in [2.05, 4.69) is 12.2 Å². The maximum absolute atomic E-state index is 12.5. The Hall–Kier alpha value is -1.10. The van der Waals surface area contributed by atoms with E-state index in [4.69, 9.17) is 5.73 Å². The molecule has 2 rings (SSSR count). The number of rotatable bonds is 5. The monoisotopic (exact) mass is 295 g/mol. The molecule has 2 aliphatic heterocycles. The number of hydrogen-bond acceptors (Lipinski definition) is 3. The quantitative estimate of drug-likeness (QED) is 0.798. The first-order valence-electron chi connectivity index (χ1n) is 8.33. The van der Waals surface area contributed by atoms with Crippen molar-refractivity contribution in [3.05, 3.63) is 0 Å². The van der Waals surface area contributed by atoms with Gasteiger partial charge in [-0.2, -0.15) is 0 Å². The predicted octanol–water partition coefficient (Wildman–Crippen LogP) is 1.13. The Kier molecular flexibility index (Phi) is 6.03. The van der Waals surface area contributed by atoms with Crippen LogP contribution in [0.2, 0.25) is 0 Å². The van der Waals surface area contributed by atoms with Gasteiger partial charge in [-0.15, -0.1) is 0 Å². The number of primary amides is 1. The summed E-state index contributed by atoms with van der Waals surface area (Å²) in [6.07, 6.45) is 5.42. The van der Waals surface area contributed by atoms with Gasteiger partial charge in [0, 0.05) is 25.9 Å². The van der Waals surface area contributed by atoms with Crippen molar-refractivity contribution in [3.8, 4) is 0 Å². The molecule has 2 fully saturated rings. The Morgan fingerprint density at radius 2 is 2.00 bits per heavy atom. The van der Waals surface area contributed by atoms with E-state index in [9.17, 15) is 9.59 Å². The molecule has 2 saturated heterocycles. The van der Waals surface area contributed by atoms with Crippen LogP contribution < -0.4 is 11.1 Å². The Labute approximate surface area is 127 Å². The molecule has 0 aromatic heterocycles. The van der Waals surface area contributed by atoms with Crippen molar-refractivity contribution in [3.63, 3.8) is 0 Å². The molecule has 0 aromatic carbocycles. The van der Waals surface area contributed by atoms with Crippen molar-refractivity contribution in [2.24, 2.45) is 23.5 Å². The van der Waals surface area contributed by atoms with Gasteiger partial charge in [-0.3, -0.25) is 9.59 Å². The van der Waals surface area contributed by atoms with Gasteiger partial charge in [0.25, 0.3) is 0 Å². The van der Waals surface area contributed by atoms with Crippen molar-refractivity contribution < 1.29 is 9.59 Å². The average molecular weight is 295 g/mol. The zero-order valence-electron chi connectivity index (χ0n) is 13.1. The van der Waals surface area contributed by atoms with Crippen molar-refractivity contribution in [2.75, 3.05) is 26.2 Å². The molecule has 0 aromatic rings. The topological polar surface area (TPSA) is 75.4 Å². The van der Waals surface area contributed by atoms with E-state index in [1.165, 1.54) is 12.8 Å². The van der Waals surface area contributed by atoms with Crippen molar-refractivity contribution >= 4 is 11.8 Å². The van der Waals surface area contributed by atoms with Crippen LogP contribution in [-0.4, -0.2) is 42.9 Å². The Bertz CT molecular complexity index is 367. The molecular formula is C16H29N3O2. The molecule has 2 amide bonds. The maximum Gasteiger partial charge on any atom is 0.222 e. The molecule has 2 heterocycles. The SMILES string of the molecule is CC(CC(=O)N1CCCC(CC(N)=O)C1)C1CCNCC1. The average Bonchev–Trinajstić information content (AvgIpc) is 2.47. The fourth-order valence-electron chi connectivity index (χ4n) is 3.73. The maximum atomic E-state index is 12.5. The standard InChI is InChI=1S/C16H29N3O2/c1-12(14-4-6-18-7-5-14)9-16(21)19-8-2-3-13(11-19)10-15(17)20/h12-14,18H,2-11H2,1H3,(H2,17,20). The van der Waals surface area contributed by atoms with Crippen LogP contribution in [0.1, 0.15) is 45.4 Å². The summed E-state index contributed by atoms with van der Waals surface area (Å²) in [6.45, 7) is 5.91. The molecule has 2 atom stereocenters. The third-order valence-electron chi connectivity index (χ3n) is 5.05. The predicted molar refractivity (Wildman–Crippen MR) is 82.5 cm³/mol. The minimum Gasteiger partial charge on any atom is -0.370 e. The number of nitrogens with two attached hydrogens (primary N) is 1. The fourth-order valence-corrected chi connectivity index (χ4v) is 3.73. The van der Waals surface area contributed by atoms with Gasteiger partial charge < -0.3 is 16.0 Å². The highest BCUT2D eigenvalue weighted by molar-refractivity contribution is 5.77. The van der Waals surface area contributed by atoms with Crippen LogP contribution in [0.5, 0.6) is 0 Å². The number of nitrogens with one attached hydrogen (secondary N) is 1. The van der Waals surface area contributed by atoms with E-state index in [0.717, 1.165) is 32.5 Å². The highest BCUT2D eigenvalue weighted by Crippen LogP contribution is 2.26. The van der Waals surface area contributed by atoms with E-state index in [0.29, 0.717) is 31.2 Å². The lowest BCUT2D eigenvalue weighted by atomic mass is 9.83. The third kappa shape index (κ3) is 4.99. The minimum absolute atomic E-state index is 0.252. The lowest BCUT2D eigenvalue weighted by Crippen LogP contribution is -2.42. The molecule has 5 heteroatoms. The number of nitrogens with zero attached hydrogens (tertiary/aromatic N) is 1. The van der Waals surface area contributed by atoms with E-state index >= 15 is 0 Å². The van der Waals surface area contributed by atoms with Gasteiger partial charge in [-0.05, 0) is 56.5 Å². The van der Waals surface area contributed by atoms with Crippen LogP contribution >= 0.6 is 0 Å². The van der Waals surface area contributed by atoms with E-state index < -0.39 is 0 Å². The van der Waals surface area contributed by atoms with Gasteiger partial charge in [0.15, 0.2) is 0 Å². The molecule has 0 spiro atoms. The van der Waals surface area contributed by atoms with E-state index in [-0.39, 0.29) is 17.7 Å². The zero-order chi connectivity index (χ0) is 15.2. The first kappa shape index (κ1) is 16.3. The van der Waals surface area contributed by atoms with Gasteiger partial charge >= 0.3 is 0 Å².